The molecule has 3 aromatic carbocycles. The predicted octanol–water partition coefficient (Wildman–Crippen LogP) is 4.21. The Morgan fingerprint density at radius 3 is 2.34 bits per heavy atom. The highest BCUT2D eigenvalue weighted by atomic mass is 19.1. The van der Waals surface area contributed by atoms with Crippen molar-refractivity contribution in [2.45, 2.75) is 12.5 Å². The molecule has 180 valence electrons. The lowest BCUT2D eigenvalue weighted by molar-refractivity contribution is -0.139. The van der Waals surface area contributed by atoms with Crippen LogP contribution in [0.1, 0.15) is 22.7 Å². The van der Waals surface area contributed by atoms with Gasteiger partial charge in [0.25, 0.3) is 11.7 Å². The minimum absolute atomic E-state index is 0.0465. The highest BCUT2D eigenvalue weighted by molar-refractivity contribution is 6.46. The number of likely N-dealkylation sites (tertiary alicyclic amines) is 1. The molecular weight excluding hydrogens is 453 g/mol. The maximum absolute atomic E-state index is 13.4. The smallest absolute Gasteiger partial charge is 0.295 e. The Morgan fingerprint density at radius 1 is 0.971 bits per heavy atom. The van der Waals surface area contributed by atoms with E-state index in [9.17, 15) is 24.2 Å². The number of halogens is 1. The van der Waals surface area contributed by atoms with Gasteiger partial charge in [-0.05, 0) is 66.1 Å². The van der Waals surface area contributed by atoms with Gasteiger partial charge in [0.2, 0.25) is 0 Å². The molecule has 7 nitrogen and oxygen atoms in total. The van der Waals surface area contributed by atoms with Crippen LogP contribution in [0.5, 0.6) is 17.2 Å². The van der Waals surface area contributed by atoms with Gasteiger partial charge >= 0.3 is 0 Å². The third-order valence-electron chi connectivity index (χ3n) is 5.93. The first-order valence-electron chi connectivity index (χ1n) is 10.9. The second-order valence-electron chi connectivity index (χ2n) is 8.03. The average molecular weight is 477 g/mol. The summed E-state index contributed by atoms with van der Waals surface area (Å²) in [6.45, 7) is 0.153. The van der Waals surface area contributed by atoms with E-state index in [2.05, 4.69) is 0 Å². The van der Waals surface area contributed by atoms with Crippen LogP contribution in [0.4, 0.5) is 4.39 Å². The Morgan fingerprint density at radius 2 is 1.69 bits per heavy atom. The van der Waals surface area contributed by atoms with E-state index in [0.29, 0.717) is 23.5 Å². The summed E-state index contributed by atoms with van der Waals surface area (Å²) in [6, 6.07) is 15.6. The summed E-state index contributed by atoms with van der Waals surface area (Å²) in [4.78, 5) is 27.5. The van der Waals surface area contributed by atoms with E-state index >= 15 is 0 Å². The number of ether oxygens (including phenoxy) is 2. The topological polar surface area (TPSA) is 96.3 Å². The number of aromatic hydroxyl groups is 1. The van der Waals surface area contributed by atoms with Gasteiger partial charge in [0, 0.05) is 12.1 Å². The third-order valence-corrected chi connectivity index (χ3v) is 5.93. The number of aliphatic hydroxyl groups is 1. The summed E-state index contributed by atoms with van der Waals surface area (Å²) in [6.07, 6.45) is 0.388. The van der Waals surface area contributed by atoms with E-state index in [1.54, 1.807) is 24.3 Å². The summed E-state index contributed by atoms with van der Waals surface area (Å²) in [5.41, 5.74) is 1.38. The number of Topliss-reactive ketones (excluding diaryl/α,β-unsaturated/α-hetero) is 1. The molecule has 1 amide bonds. The normalized spacial score (nSPS) is 17.0. The summed E-state index contributed by atoms with van der Waals surface area (Å²) < 4.78 is 24.0. The molecule has 0 unspecified atom stereocenters. The molecule has 1 saturated heterocycles. The zero-order chi connectivity index (χ0) is 25.1. The second kappa shape index (κ2) is 9.89. The van der Waals surface area contributed by atoms with Gasteiger partial charge in [-0.2, -0.15) is 0 Å². The number of carbonyl (C=O) groups is 2. The molecule has 1 aliphatic heterocycles. The number of amides is 1. The lowest BCUT2D eigenvalue weighted by Gasteiger charge is -2.25. The van der Waals surface area contributed by atoms with Crippen LogP contribution in [0.2, 0.25) is 0 Å². The Labute approximate surface area is 201 Å². The molecule has 0 aliphatic carbocycles. The van der Waals surface area contributed by atoms with Crippen molar-refractivity contribution >= 4 is 17.4 Å². The van der Waals surface area contributed by atoms with Crippen molar-refractivity contribution in [1.29, 1.82) is 0 Å². The fourth-order valence-corrected chi connectivity index (χ4v) is 4.20. The molecule has 4 rings (SSSR count). The van der Waals surface area contributed by atoms with E-state index in [4.69, 9.17) is 9.47 Å². The number of carbonyl (C=O) groups excluding carboxylic acids is 2. The third kappa shape index (κ3) is 4.68. The Bertz CT molecular complexity index is 1300. The number of phenolic OH excluding ortho intramolecular Hbond substituents is 1. The van der Waals surface area contributed by atoms with Crippen LogP contribution >= 0.6 is 0 Å². The molecule has 0 saturated carbocycles. The molecule has 1 atom stereocenters. The first kappa shape index (κ1) is 23.8. The summed E-state index contributed by atoms with van der Waals surface area (Å²) in [5.74, 6) is -1.49. The first-order valence-corrected chi connectivity index (χ1v) is 10.9. The summed E-state index contributed by atoms with van der Waals surface area (Å²) in [7, 11) is 3.06. The van der Waals surface area contributed by atoms with Gasteiger partial charge in [0.05, 0.1) is 25.8 Å². The van der Waals surface area contributed by atoms with Crippen molar-refractivity contribution < 1.29 is 33.7 Å². The van der Waals surface area contributed by atoms with Crippen molar-refractivity contribution in [3.05, 3.63) is 94.8 Å². The fourth-order valence-electron chi connectivity index (χ4n) is 4.20. The molecule has 0 aromatic heterocycles. The Hall–Kier alpha value is -4.33. The van der Waals surface area contributed by atoms with E-state index in [-0.39, 0.29) is 23.4 Å². The number of rotatable bonds is 7. The maximum atomic E-state index is 13.4. The van der Waals surface area contributed by atoms with Crippen LogP contribution in [0.15, 0.2) is 72.3 Å². The van der Waals surface area contributed by atoms with Crippen LogP contribution < -0.4 is 9.47 Å². The van der Waals surface area contributed by atoms with E-state index < -0.39 is 29.3 Å². The fraction of sp³-hybridized carbons (Fsp3) is 0.185. The molecule has 2 N–H and O–H groups in total. The average Bonchev–Trinajstić information content (AvgIpc) is 3.12. The molecule has 3 aromatic rings. The zero-order valence-corrected chi connectivity index (χ0v) is 19.2. The Kier molecular flexibility index (Phi) is 6.73. The van der Waals surface area contributed by atoms with Gasteiger partial charge in [-0.3, -0.25) is 9.59 Å². The minimum Gasteiger partial charge on any atom is -0.508 e. The largest absolute Gasteiger partial charge is 0.508 e. The molecule has 1 heterocycles. The summed E-state index contributed by atoms with van der Waals surface area (Å²) >= 11 is 0. The molecular formula is C27H24FNO6. The quantitative estimate of drug-likeness (QED) is 0.301. The highest BCUT2D eigenvalue weighted by Crippen LogP contribution is 2.40. The molecule has 35 heavy (non-hydrogen) atoms. The Balaban J connectivity index is 1.74. The lowest BCUT2D eigenvalue weighted by atomic mass is 9.95. The van der Waals surface area contributed by atoms with Crippen molar-refractivity contribution in [3.63, 3.8) is 0 Å². The van der Waals surface area contributed by atoms with Crippen molar-refractivity contribution in [3.8, 4) is 17.2 Å². The van der Waals surface area contributed by atoms with Crippen molar-refractivity contribution in [2.24, 2.45) is 0 Å². The van der Waals surface area contributed by atoms with Crippen LogP contribution in [0.3, 0.4) is 0 Å². The molecule has 1 aliphatic rings. The lowest BCUT2D eigenvalue weighted by Crippen LogP contribution is -2.31. The number of nitrogens with zero attached hydrogens (tertiary/aromatic N) is 1. The van der Waals surface area contributed by atoms with E-state index in [0.717, 1.165) is 17.7 Å². The van der Waals surface area contributed by atoms with E-state index in [1.807, 2.05) is 6.07 Å². The molecule has 0 bridgehead atoms. The number of aliphatic hydroxyl groups excluding tert-OH is 1. The van der Waals surface area contributed by atoms with Crippen LogP contribution in [0, 0.1) is 5.82 Å². The predicted molar refractivity (Wildman–Crippen MR) is 127 cm³/mol. The maximum Gasteiger partial charge on any atom is 0.295 e. The van der Waals surface area contributed by atoms with Gasteiger partial charge in [-0.15, -0.1) is 0 Å². The van der Waals surface area contributed by atoms with Crippen LogP contribution in [-0.2, 0) is 16.0 Å². The molecule has 1 fully saturated rings. The van der Waals surface area contributed by atoms with Crippen LogP contribution in [0.25, 0.3) is 5.76 Å². The second-order valence-corrected chi connectivity index (χ2v) is 8.03. The summed E-state index contributed by atoms with van der Waals surface area (Å²) in [5, 5.41) is 21.0. The van der Waals surface area contributed by atoms with Gasteiger partial charge in [-0.1, -0.05) is 18.2 Å². The number of methoxy groups -OCH3 is 2. The van der Waals surface area contributed by atoms with Gasteiger partial charge < -0.3 is 24.6 Å². The zero-order valence-electron chi connectivity index (χ0n) is 19.2. The van der Waals surface area contributed by atoms with Crippen molar-refractivity contribution in [1.82, 2.24) is 4.90 Å². The van der Waals surface area contributed by atoms with Gasteiger partial charge in [0.1, 0.15) is 17.3 Å². The molecule has 0 spiro atoms. The minimum atomic E-state index is -0.938. The number of phenols is 1. The van der Waals surface area contributed by atoms with Gasteiger partial charge in [0.15, 0.2) is 11.5 Å². The monoisotopic (exact) mass is 477 g/mol. The highest BCUT2D eigenvalue weighted by Gasteiger charge is 2.45. The van der Waals surface area contributed by atoms with E-state index in [1.165, 1.54) is 43.4 Å². The van der Waals surface area contributed by atoms with Crippen LogP contribution in [-0.4, -0.2) is 47.6 Å². The number of hydrogen-bond donors (Lipinski definition) is 2. The first-order chi connectivity index (χ1) is 16.8. The molecule has 0 radical (unpaired) electrons. The SMILES string of the molecule is COc1ccc(CCN2C(=O)C(=O)C(=C(O)c3ccc(F)cc3)[C@@H]2c2cccc(O)c2)cc1OC. The number of benzene rings is 3. The van der Waals surface area contributed by atoms with Gasteiger partial charge in [-0.25, -0.2) is 4.39 Å². The standard InChI is InChI=1S/C27H24FNO6/c1-34-21-11-6-16(14-22(21)35-2)12-13-29-24(18-4-3-5-20(30)15-18)23(26(32)27(29)33)25(31)17-7-9-19(28)10-8-17/h3-11,14-15,24,30-31H,12-13H2,1-2H3/t24-/m0/s1. The molecule has 8 heteroatoms. The number of hydrogen-bond acceptors (Lipinski definition) is 6. The van der Waals surface area contributed by atoms with Crippen molar-refractivity contribution in [2.75, 3.05) is 20.8 Å². The number of ketones is 1.